The number of aliphatic carboxylic acids is 1. The van der Waals surface area contributed by atoms with Crippen molar-refractivity contribution in [3.63, 3.8) is 0 Å². The molecule has 0 spiro atoms. The van der Waals surface area contributed by atoms with Gasteiger partial charge in [0.05, 0.1) is 12.6 Å². The van der Waals surface area contributed by atoms with E-state index in [9.17, 15) is 9.59 Å². The van der Waals surface area contributed by atoms with Gasteiger partial charge in [0, 0.05) is 13.3 Å². The first kappa shape index (κ1) is 14.5. The summed E-state index contributed by atoms with van der Waals surface area (Å²) in [6, 6.07) is 2.03. The number of carboxylic acid groups (broad SMARTS) is 1. The van der Waals surface area contributed by atoms with Crippen molar-refractivity contribution in [2.45, 2.75) is 37.8 Å². The molecule has 7 nitrogen and oxygen atoms in total. The zero-order chi connectivity index (χ0) is 14.5. The standard InChI is InChI=1S/C13H19N3O4/c1-20-11(13(18)19)8-14-12(17)10-6-7-16(15-10)9-4-2-3-5-9/h6-7,9,11H,2-5,8H2,1H3,(H,14,17)(H,18,19). The van der Waals surface area contributed by atoms with Crippen LogP contribution in [-0.4, -0.2) is 46.5 Å². The Morgan fingerprint density at radius 3 is 2.85 bits per heavy atom. The van der Waals surface area contributed by atoms with Crippen LogP contribution >= 0.6 is 0 Å². The van der Waals surface area contributed by atoms with Crippen LogP contribution in [-0.2, 0) is 9.53 Å². The largest absolute Gasteiger partial charge is 0.479 e. The number of carbonyl (C=O) groups is 2. The van der Waals surface area contributed by atoms with Crippen molar-refractivity contribution in [1.29, 1.82) is 0 Å². The maximum atomic E-state index is 11.9. The molecule has 0 radical (unpaired) electrons. The van der Waals surface area contributed by atoms with Crippen LogP contribution < -0.4 is 5.32 Å². The van der Waals surface area contributed by atoms with E-state index in [1.54, 1.807) is 12.3 Å². The average Bonchev–Trinajstić information content (AvgIpc) is 3.09. The lowest BCUT2D eigenvalue weighted by Gasteiger charge is -2.11. The summed E-state index contributed by atoms with van der Waals surface area (Å²) in [4.78, 5) is 22.6. The Morgan fingerprint density at radius 1 is 1.55 bits per heavy atom. The summed E-state index contributed by atoms with van der Waals surface area (Å²) in [5.74, 6) is -1.49. The highest BCUT2D eigenvalue weighted by Crippen LogP contribution is 2.28. The fourth-order valence-electron chi connectivity index (χ4n) is 2.38. The van der Waals surface area contributed by atoms with E-state index in [-0.39, 0.29) is 12.5 Å². The van der Waals surface area contributed by atoms with Gasteiger partial charge in [-0.15, -0.1) is 0 Å². The number of amides is 1. The Kier molecular flexibility index (Phi) is 4.73. The lowest BCUT2D eigenvalue weighted by Crippen LogP contribution is -2.38. The number of ether oxygens (including phenoxy) is 1. The molecule has 1 aliphatic carbocycles. The van der Waals surface area contributed by atoms with Gasteiger partial charge in [0.15, 0.2) is 6.10 Å². The van der Waals surface area contributed by atoms with Gasteiger partial charge in [0.1, 0.15) is 5.69 Å². The molecule has 7 heteroatoms. The van der Waals surface area contributed by atoms with Crippen molar-refractivity contribution in [2.24, 2.45) is 0 Å². The Balaban J connectivity index is 1.90. The lowest BCUT2D eigenvalue weighted by atomic mass is 10.3. The van der Waals surface area contributed by atoms with Crippen LogP contribution in [0.1, 0.15) is 42.2 Å². The minimum Gasteiger partial charge on any atom is -0.479 e. The van der Waals surface area contributed by atoms with Gasteiger partial charge in [-0.2, -0.15) is 5.10 Å². The summed E-state index contributed by atoms with van der Waals surface area (Å²) >= 11 is 0. The van der Waals surface area contributed by atoms with Gasteiger partial charge in [-0.05, 0) is 18.9 Å². The first-order chi connectivity index (χ1) is 9.61. The molecule has 2 N–H and O–H groups in total. The van der Waals surface area contributed by atoms with Crippen molar-refractivity contribution >= 4 is 11.9 Å². The maximum absolute atomic E-state index is 11.9. The molecular weight excluding hydrogens is 262 g/mol. The third kappa shape index (κ3) is 3.36. The Hall–Kier alpha value is -1.89. The number of nitrogens with one attached hydrogen (secondary N) is 1. The Labute approximate surface area is 116 Å². The molecule has 0 aromatic carbocycles. The van der Waals surface area contributed by atoms with E-state index in [1.807, 2.05) is 4.68 Å². The quantitative estimate of drug-likeness (QED) is 0.805. The van der Waals surface area contributed by atoms with Crippen LogP contribution in [0.15, 0.2) is 12.3 Å². The highest BCUT2D eigenvalue weighted by Gasteiger charge is 2.21. The maximum Gasteiger partial charge on any atom is 0.334 e. The molecule has 1 fully saturated rings. The molecule has 0 saturated heterocycles. The number of hydrogen-bond acceptors (Lipinski definition) is 4. The molecule has 2 rings (SSSR count). The van der Waals surface area contributed by atoms with Gasteiger partial charge >= 0.3 is 5.97 Å². The second-order valence-electron chi connectivity index (χ2n) is 4.89. The van der Waals surface area contributed by atoms with Gasteiger partial charge in [0.25, 0.3) is 5.91 Å². The van der Waals surface area contributed by atoms with Gasteiger partial charge in [-0.3, -0.25) is 9.48 Å². The number of rotatable bonds is 6. The minimum absolute atomic E-state index is 0.0824. The third-order valence-electron chi connectivity index (χ3n) is 3.55. The van der Waals surface area contributed by atoms with Crippen molar-refractivity contribution in [3.8, 4) is 0 Å². The number of carboxylic acids is 1. The second kappa shape index (κ2) is 6.51. The van der Waals surface area contributed by atoms with E-state index in [4.69, 9.17) is 9.84 Å². The monoisotopic (exact) mass is 281 g/mol. The number of aromatic nitrogens is 2. The van der Waals surface area contributed by atoms with Crippen LogP contribution in [0.25, 0.3) is 0 Å². The van der Waals surface area contributed by atoms with E-state index in [0.29, 0.717) is 11.7 Å². The van der Waals surface area contributed by atoms with Crippen molar-refractivity contribution in [3.05, 3.63) is 18.0 Å². The molecular formula is C13H19N3O4. The van der Waals surface area contributed by atoms with Crippen LogP contribution in [0, 0.1) is 0 Å². The van der Waals surface area contributed by atoms with Crippen molar-refractivity contribution in [1.82, 2.24) is 15.1 Å². The zero-order valence-corrected chi connectivity index (χ0v) is 11.4. The fourth-order valence-corrected chi connectivity index (χ4v) is 2.38. The van der Waals surface area contributed by atoms with Crippen LogP contribution in [0.3, 0.4) is 0 Å². The number of nitrogens with zero attached hydrogens (tertiary/aromatic N) is 2. The molecule has 1 aliphatic rings. The summed E-state index contributed by atoms with van der Waals surface area (Å²) < 4.78 is 6.57. The van der Waals surface area contributed by atoms with E-state index in [2.05, 4.69) is 10.4 Å². The summed E-state index contributed by atoms with van der Waals surface area (Å²) in [5, 5.41) is 15.6. The molecule has 20 heavy (non-hydrogen) atoms. The second-order valence-corrected chi connectivity index (χ2v) is 4.89. The van der Waals surface area contributed by atoms with Crippen molar-refractivity contribution in [2.75, 3.05) is 13.7 Å². The van der Waals surface area contributed by atoms with Crippen LogP contribution in [0.5, 0.6) is 0 Å². The summed E-state index contributed by atoms with van der Waals surface area (Å²) in [6.07, 6.45) is 5.33. The number of hydrogen-bond donors (Lipinski definition) is 2. The normalized spacial score (nSPS) is 17.1. The predicted octanol–water partition coefficient (Wildman–Crippen LogP) is 0.828. The highest BCUT2D eigenvalue weighted by atomic mass is 16.5. The molecule has 0 bridgehead atoms. The minimum atomic E-state index is -1.11. The van der Waals surface area contributed by atoms with E-state index in [1.165, 1.54) is 20.0 Å². The topological polar surface area (TPSA) is 93.5 Å². The summed E-state index contributed by atoms with van der Waals surface area (Å²) in [6.45, 7) is -0.0824. The number of carbonyl (C=O) groups excluding carboxylic acids is 1. The average molecular weight is 281 g/mol. The molecule has 1 aromatic rings. The summed E-state index contributed by atoms with van der Waals surface area (Å²) in [7, 11) is 1.29. The number of methoxy groups -OCH3 is 1. The van der Waals surface area contributed by atoms with Gasteiger partial charge in [-0.25, -0.2) is 4.79 Å². The lowest BCUT2D eigenvalue weighted by molar-refractivity contribution is -0.148. The smallest absolute Gasteiger partial charge is 0.334 e. The predicted molar refractivity (Wildman–Crippen MR) is 70.5 cm³/mol. The molecule has 1 unspecified atom stereocenters. The first-order valence-electron chi connectivity index (χ1n) is 6.70. The van der Waals surface area contributed by atoms with Gasteiger partial charge in [-0.1, -0.05) is 12.8 Å². The molecule has 1 atom stereocenters. The van der Waals surface area contributed by atoms with E-state index < -0.39 is 12.1 Å². The van der Waals surface area contributed by atoms with Crippen LogP contribution in [0.4, 0.5) is 0 Å². The molecule has 1 saturated carbocycles. The van der Waals surface area contributed by atoms with Gasteiger partial charge < -0.3 is 15.2 Å². The molecule has 110 valence electrons. The van der Waals surface area contributed by atoms with Crippen molar-refractivity contribution < 1.29 is 19.4 Å². The molecule has 1 heterocycles. The van der Waals surface area contributed by atoms with Gasteiger partial charge in [0.2, 0.25) is 0 Å². The molecule has 1 amide bonds. The van der Waals surface area contributed by atoms with E-state index >= 15 is 0 Å². The molecule has 0 aliphatic heterocycles. The summed E-state index contributed by atoms with van der Waals surface area (Å²) in [5.41, 5.74) is 0.303. The Bertz CT molecular complexity index is 480. The molecule has 1 aromatic heterocycles. The highest BCUT2D eigenvalue weighted by molar-refractivity contribution is 5.92. The zero-order valence-electron chi connectivity index (χ0n) is 11.4. The SMILES string of the molecule is COC(CNC(=O)c1ccn(C2CCCC2)n1)C(=O)O. The third-order valence-corrected chi connectivity index (χ3v) is 3.55. The first-order valence-corrected chi connectivity index (χ1v) is 6.70. The fraction of sp³-hybridized carbons (Fsp3) is 0.615. The van der Waals surface area contributed by atoms with Crippen LogP contribution in [0.2, 0.25) is 0 Å². The van der Waals surface area contributed by atoms with E-state index in [0.717, 1.165) is 12.8 Å². The Morgan fingerprint density at radius 2 is 2.25 bits per heavy atom.